The molecule has 0 aliphatic heterocycles. The summed E-state index contributed by atoms with van der Waals surface area (Å²) in [7, 11) is 0. The number of halogens is 1. The van der Waals surface area contributed by atoms with Crippen LogP contribution in [0.15, 0.2) is 76.2 Å². The van der Waals surface area contributed by atoms with Crippen LogP contribution in [0.1, 0.15) is 20.9 Å². The first kappa shape index (κ1) is 17.0. The number of benzene rings is 2. The van der Waals surface area contributed by atoms with E-state index in [0.717, 1.165) is 4.90 Å². The Morgan fingerprint density at radius 1 is 1.00 bits per heavy atom. The van der Waals surface area contributed by atoms with Crippen molar-refractivity contribution in [2.45, 2.75) is 4.90 Å². The van der Waals surface area contributed by atoms with E-state index in [1.165, 1.54) is 42.3 Å². The molecule has 0 saturated heterocycles. The first-order chi connectivity index (χ1) is 12.1. The number of nitrogens with one attached hydrogen (secondary N) is 1. The highest BCUT2D eigenvalue weighted by atomic mass is 32.2. The van der Waals surface area contributed by atoms with E-state index in [1.807, 2.05) is 12.1 Å². The third-order valence-corrected chi connectivity index (χ3v) is 4.41. The fourth-order valence-electron chi connectivity index (χ4n) is 2.10. The number of carbonyl (C=O) groups is 2. The molecule has 0 spiro atoms. The Balaban J connectivity index is 1.54. The minimum absolute atomic E-state index is 0.0693. The van der Waals surface area contributed by atoms with Gasteiger partial charge in [-0.3, -0.25) is 9.59 Å². The van der Waals surface area contributed by atoms with Crippen molar-refractivity contribution in [1.82, 2.24) is 0 Å². The second-order valence-electron chi connectivity index (χ2n) is 5.17. The van der Waals surface area contributed by atoms with Gasteiger partial charge in [-0.2, -0.15) is 0 Å². The molecule has 0 radical (unpaired) electrons. The van der Waals surface area contributed by atoms with Crippen LogP contribution in [0.4, 0.5) is 10.1 Å². The fourth-order valence-corrected chi connectivity index (χ4v) is 2.90. The summed E-state index contributed by atoms with van der Waals surface area (Å²) in [5, 5.41) is 2.72. The highest BCUT2D eigenvalue weighted by Gasteiger charge is 2.09. The van der Waals surface area contributed by atoms with Crippen molar-refractivity contribution >= 4 is 29.1 Å². The van der Waals surface area contributed by atoms with E-state index in [1.54, 1.807) is 24.3 Å². The van der Waals surface area contributed by atoms with Crippen LogP contribution in [-0.4, -0.2) is 17.4 Å². The molecule has 3 aromatic rings. The lowest BCUT2D eigenvalue weighted by Gasteiger charge is -2.05. The lowest BCUT2D eigenvalue weighted by Crippen LogP contribution is -2.10. The summed E-state index contributed by atoms with van der Waals surface area (Å²) in [4.78, 5) is 24.8. The smallest absolute Gasteiger partial charge is 0.291 e. The van der Waals surface area contributed by atoms with E-state index in [-0.39, 0.29) is 29.0 Å². The maximum absolute atomic E-state index is 12.9. The van der Waals surface area contributed by atoms with Gasteiger partial charge in [-0.05, 0) is 60.7 Å². The van der Waals surface area contributed by atoms with Crippen LogP contribution in [0.25, 0.3) is 0 Å². The van der Waals surface area contributed by atoms with Crippen LogP contribution in [-0.2, 0) is 0 Å². The van der Waals surface area contributed by atoms with Crippen LogP contribution in [0.5, 0.6) is 0 Å². The molecular weight excluding hydrogens is 341 g/mol. The van der Waals surface area contributed by atoms with E-state index in [4.69, 9.17) is 4.42 Å². The number of ketones is 1. The second kappa shape index (κ2) is 7.81. The molecule has 0 fully saturated rings. The first-order valence-corrected chi connectivity index (χ1v) is 8.47. The molecular formula is C19H14FNO3S. The van der Waals surface area contributed by atoms with Crippen LogP contribution in [0, 0.1) is 5.82 Å². The van der Waals surface area contributed by atoms with Crippen LogP contribution >= 0.6 is 11.8 Å². The molecule has 6 heteroatoms. The largest absolute Gasteiger partial charge is 0.459 e. The number of Topliss-reactive ketones (excluding diaryl/α,β-unsaturated/α-hetero) is 1. The molecule has 1 aromatic heterocycles. The molecule has 0 bridgehead atoms. The van der Waals surface area contributed by atoms with E-state index in [9.17, 15) is 14.0 Å². The summed E-state index contributed by atoms with van der Waals surface area (Å²) in [6.45, 7) is 0. The minimum atomic E-state index is -0.364. The van der Waals surface area contributed by atoms with E-state index in [2.05, 4.69) is 5.32 Å². The van der Waals surface area contributed by atoms with Gasteiger partial charge >= 0.3 is 0 Å². The van der Waals surface area contributed by atoms with Gasteiger partial charge in [0.05, 0.1) is 12.0 Å². The molecule has 126 valence electrons. The van der Waals surface area contributed by atoms with Crippen LogP contribution in [0.2, 0.25) is 0 Å². The molecule has 0 unspecified atom stereocenters. The average molecular weight is 355 g/mol. The monoisotopic (exact) mass is 355 g/mol. The second-order valence-corrected chi connectivity index (χ2v) is 6.22. The van der Waals surface area contributed by atoms with Crippen molar-refractivity contribution in [2.75, 3.05) is 11.1 Å². The molecule has 0 saturated carbocycles. The van der Waals surface area contributed by atoms with Gasteiger partial charge in [-0.25, -0.2) is 4.39 Å². The van der Waals surface area contributed by atoms with Gasteiger partial charge in [-0.1, -0.05) is 0 Å². The van der Waals surface area contributed by atoms with Gasteiger partial charge in [0.1, 0.15) is 5.82 Å². The topological polar surface area (TPSA) is 59.3 Å². The maximum Gasteiger partial charge on any atom is 0.291 e. The molecule has 0 aliphatic rings. The summed E-state index contributed by atoms with van der Waals surface area (Å²) < 4.78 is 17.9. The standard InChI is InChI=1S/C19H14FNO3S/c20-14-5-3-13(4-6-14)17(22)12-25-16-9-7-15(8-10-16)21-19(23)18-2-1-11-24-18/h1-11H,12H2,(H,21,23). The quantitative estimate of drug-likeness (QED) is 0.517. The predicted octanol–water partition coefficient (Wildman–Crippen LogP) is 4.65. The van der Waals surface area contributed by atoms with Crippen molar-refractivity contribution in [3.63, 3.8) is 0 Å². The number of rotatable bonds is 6. The van der Waals surface area contributed by atoms with Crippen LogP contribution in [0.3, 0.4) is 0 Å². The summed E-state index contributed by atoms with van der Waals surface area (Å²) in [5.41, 5.74) is 1.12. The molecule has 2 aromatic carbocycles. The van der Waals surface area contributed by atoms with Crippen LogP contribution < -0.4 is 5.32 Å². The highest BCUT2D eigenvalue weighted by molar-refractivity contribution is 8.00. The molecule has 4 nitrogen and oxygen atoms in total. The summed E-state index contributed by atoms with van der Waals surface area (Å²) in [5.74, 6) is -0.263. The summed E-state index contributed by atoms with van der Waals surface area (Å²) in [6.07, 6.45) is 1.44. The number of hydrogen-bond donors (Lipinski definition) is 1. The number of carbonyl (C=O) groups excluding carboxylic acids is 2. The first-order valence-electron chi connectivity index (χ1n) is 7.48. The lowest BCUT2D eigenvalue weighted by atomic mass is 10.1. The SMILES string of the molecule is O=C(CSc1ccc(NC(=O)c2ccco2)cc1)c1ccc(F)cc1. The van der Waals surface area contributed by atoms with E-state index < -0.39 is 0 Å². The molecule has 3 rings (SSSR count). The fraction of sp³-hybridized carbons (Fsp3) is 0.0526. The Hall–Kier alpha value is -2.86. The summed E-state index contributed by atoms with van der Waals surface area (Å²) in [6, 6.07) is 15.9. The van der Waals surface area contributed by atoms with Crippen molar-refractivity contribution in [2.24, 2.45) is 0 Å². The van der Waals surface area contributed by atoms with Gasteiger partial charge < -0.3 is 9.73 Å². The Bertz CT molecular complexity index is 859. The number of amides is 1. The van der Waals surface area contributed by atoms with Crippen molar-refractivity contribution in [1.29, 1.82) is 0 Å². The minimum Gasteiger partial charge on any atom is -0.459 e. The zero-order valence-electron chi connectivity index (χ0n) is 13.1. The molecule has 0 aliphatic carbocycles. The zero-order valence-corrected chi connectivity index (χ0v) is 13.9. The average Bonchev–Trinajstić information content (AvgIpc) is 3.16. The van der Waals surface area contributed by atoms with Gasteiger partial charge in [0.25, 0.3) is 5.91 Å². The highest BCUT2D eigenvalue weighted by Crippen LogP contribution is 2.22. The van der Waals surface area contributed by atoms with Crippen molar-refractivity contribution in [3.8, 4) is 0 Å². The van der Waals surface area contributed by atoms with E-state index >= 15 is 0 Å². The van der Waals surface area contributed by atoms with Gasteiger partial charge in [-0.15, -0.1) is 11.8 Å². The lowest BCUT2D eigenvalue weighted by molar-refractivity contribution is 0.0994. The number of hydrogen-bond acceptors (Lipinski definition) is 4. The molecule has 25 heavy (non-hydrogen) atoms. The molecule has 1 heterocycles. The molecule has 1 N–H and O–H groups in total. The molecule has 1 amide bonds. The molecule has 0 atom stereocenters. The maximum atomic E-state index is 12.9. The Morgan fingerprint density at radius 2 is 1.72 bits per heavy atom. The third-order valence-electron chi connectivity index (χ3n) is 3.39. The Kier molecular flexibility index (Phi) is 5.30. The van der Waals surface area contributed by atoms with Gasteiger partial charge in [0.15, 0.2) is 11.5 Å². The number of furan rings is 1. The number of anilines is 1. The number of thioether (sulfide) groups is 1. The van der Waals surface area contributed by atoms with Crippen molar-refractivity contribution in [3.05, 3.63) is 84.1 Å². The normalized spacial score (nSPS) is 10.4. The van der Waals surface area contributed by atoms with Gasteiger partial charge in [0.2, 0.25) is 0 Å². The van der Waals surface area contributed by atoms with Gasteiger partial charge in [0, 0.05) is 16.1 Å². The predicted molar refractivity (Wildman–Crippen MR) is 94.6 cm³/mol. The summed E-state index contributed by atoms with van der Waals surface area (Å²) >= 11 is 1.38. The Morgan fingerprint density at radius 3 is 2.36 bits per heavy atom. The third kappa shape index (κ3) is 4.58. The van der Waals surface area contributed by atoms with E-state index in [0.29, 0.717) is 11.3 Å². The Labute approximate surface area is 148 Å². The zero-order chi connectivity index (χ0) is 17.6. The van der Waals surface area contributed by atoms with Crippen molar-refractivity contribution < 1.29 is 18.4 Å².